The summed E-state index contributed by atoms with van der Waals surface area (Å²) >= 11 is 0. The van der Waals surface area contributed by atoms with E-state index >= 15 is 0 Å². The monoisotopic (exact) mass is 694 g/mol. The van der Waals surface area contributed by atoms with E-state index in [2.05, 4.69) is 25.9 Å². The molecule has 49 heavy (non-hydrogen) atoms. The van der Waals surface area contributed by atoms with Gasteiger partial charge in [-0.1, -0.05) is 32.9 Å². The van der Waals surface area contributed by atoms with Crippen molar-refractivity contribution in [2.75, 3.05) is 36.9 Å². The molecule has 14 nitrogen and oxygen atoms in total. The quantitative estimate of drug-likeness (QED) is 0.227. The molecule has 2 aromatic rings. The van der Waals surface area contributed by atoms with Crippen LogP contribution in [0.5, 0.6) is 0 Å². The minimum Gasteiger partial charge on any atom is -0.466 e. The van der Waals surface area contributed by atoms with Crippen LogP contribution in [0, 0.1) is 11.3 Å². The topological polar surface area (TPSA) is 189 Å². The number of hydrogen-bond acceptors (Lipinski definition) is 10. The maximum atomic E-state index is 13.6. The fraction of sp³-hybridized carbons (Fsp3) is 0.531. The number of hydrogen-bond donors (Lipinski definition) is 4. The number of benzene rings is 1. The lowest BCUT2D eigenvalue weighted by Crippen LogP contribution is -2.45. The van der Waals surface area contributed by atoms with Gasteiger partial charge in [0.15, 0.2) is 0 Å². The molecule has 0 radical (unpaired) electrons. The fourth-order valence-corrected chi connectivity index (χ4v) is 4.84. The number of fused-ring (bicyclic) bond motifs is 1. The number of amides is 3. The van der Waals surface area contributed by atoms with Crippen LogP contribution < -0.4 is 21.5 Å². The van der Waals surface area contributed by atoms with Crippen LogP contribution in [-0.4, -0.2) is 83.0 Å². The van der Waals surface area contributed by atoms with Crippen molar-refractivity contribution < 1.29 is 46.6 Å². The average Bonchev–Trinajstić information content (AvgIpc) is 3.02. The summed E-state index contributed by atoms with van der Waals surface area (Å²) in [6.07, 6.45) is -5.39. The summed E-state index contributed by atoms with van der Waals surface area (Å²) in [7, 11) is 0. The molecule has 4 N–H and O–H groups in total. The lowest BCUT2D eigenvalue weighted by molar-refractivity contribution is -0.186. The van der Waals surface area contributed by atoms with Crippen molar-refractivity contribution >= 4 is 41.4 Å². The van der Waals surface area contributed by atoms with Crippen LogP contribution in [0.4, 0.5) is 24.9 Å². The number of aromatic nitrogens is 2. The number of carbonyl (C=O) groups excluding carboxylic acids is 5. The van der Waals surface area contributed by atoms with E-state index in [0.717, 1.165) is 0 Å². The molecular weight excluding hydrogens is 653 g/mol. The van der Waals surface area contributed by atoms with Gasteiger partial charge in [0, 0.05) is 37.0 Å². The van der Waals surface area contributed by atoms with Gasteiger partial charge in [-0.2, -0.15) is 18.2 Å². The smallest absolute Gasteiger partial charge is 0.466 e. The molecule has 0 fully saturated rings. The van der Waals surface area contributed by atoms with Crippen molar-refractivity contribution in [1.82, 2.24) is 20.2 Å². The Morgan fingerprint density at radius 2 is 1.69 bits per heavy atom. The first kappa shape index (κ1) is 38.5. The third-order valence-corrected chi connectivity index (χ3v) is 7.40. The second-order valence-corrected chi connectivity index (χ2v) is 12.4. The summed E-state index contributed by atoms with van der Waals surface area (Å²) < 4.78 is 50.7. The zero-order valence-corrected chi connectivity index (χ0v) is 27.9. The molecule has 0 bridgehead atoms. The number of halogens is 3. The third kappa shape index (κ3) is 11.0. The number of esters is 2. The average molecular weight is 695 g/mol. The van der Waals surface area contributed by atoms with Gasteiger partial charge in [-0.25, -0.2) is 4.79 Å². The van der Waals surface area contributed by atoms with E-state index in [4.69, 9.17) is 9.47 Å². The van der Waals surface area contributed by atoms with Gasteiger partial charge in [0.1, 0.15) is 11.9 Å². The predicted octanol–water partition coefficient (Wildman–Crippen LogP) is 2.93. The number of carbonyl (C=O) groups is 5. The number of alkyl halides is 3. The van der Waals surface area contributed by atoms with Gasteiger partial charge >= 0.3 is 24.0 Å². The molecule has 1 aromatic heterocycles. The van der Waals surface area contributed by atoms with Gasteiger partial charge in [0.2, 0.25) is 11.9 Å². The second-order valence-electron chi connectivity index (χ2n) is 12.4. The van der Waals surface area contributed by atoms with Crippen molar-refractivity contribution in [3.8, 4) is 0 Å². The lowest BCUT2D eigenvalue weighted by Gasteiger charge is -2.31. The summed E-state index contributed by atoms with van der Waals surface area (Å²) in [6, 6.07) is 4.25. The number of nitrogens with one attached hydrogen (secondary N) is 4. The van der Waals surface area contributed by atoms with Gasteiger partial charge < -0.3 is 25.0 Å². The van der Waals surface area contributed by atoms with Crippen molar-refractivity contribution in [1.29, 1.82) is 0 Å². The minimum absolute atomic E-state index is 0.0106. The molecule has 1 unspecified atom stereocenters. The van der Waals surface area contributed by atoms with Gasteiger partial charge in [-0.15, -0.1) is 0 Å². The van der Waals surface area contributed by atoms with E-state index in [-0.39, 0.29) is 79.9 Å². The summed E-state index contributed by atoms with van der Waals surface area (Å²) in [5, 5.41) is 7.96. The van der Waals surface area contributed by atoms with Crippen molar-refractivity contribution in [3.05, 3.63) is 51.3 Å². The van der Waals surface area contributed by atoms with E-state index in [0.29, 0.717) is 4.90 Å². The molecule has 1 aliphatic rings. The Kier molecular flexibility index (Phi) is 12.9. The third-order valence-electron chi connectivity index (χ3n) is 7.40. The SMILES string of the molecule is CCOC(=O)CC[C@H](NC(=O)c1ccc(CN(CC2CNc3nc(NC(=O)C(C)(C)C)[nH]c(=O)c3C2)C(=O)C(F)(F)F)cc1)C(=O)OCC. The molecule has 17 heteroatoms. The highest BCUT2D eigenvalue weighted by atomic mass is 19.4. The van der Waals surface area contributed by atoms with Crippen LogP contribution in [0.25, 0.3) is 0 Å². The van der Waals surface area contributed by atoms with Crippen molar-refractivity contribution in [3.63, 3.8) is 0 Å². The van der Waals surface area contributed by atoms with Crippen molar-refractivity contribution in [2.45, 2.75) is 72.6 Å². The standard InChI is InChI=1S/C32H41F3N6O8/c1-6-48-23(42)13-12-22(27(45)49-7-2)37-25(43)20-10-8-18(9-11-20)16-41(29(47)32(33,34)35)17-19-14-21-24(36-15-19)38-30(39-26(21)44)40-28(46)31(3,4)5/h8-11,19,22H,6-7,12-17H2,1-5H3,(H,37,43)(H3,36,38,39,40,44,46)/t19?,22-/m0/s1. The fourth-order valence-electron chi connectivity index (χ4n) is 4.84. The predicted molar refractivity (Wildman–Crippen MR) is 170 cm³/mol. The Balaban J connectivity index is 1.72. The maximum Gasteiger partial charge on any atom is 0.471 e. The molecule has 0 saturated carbocycles. The van der Waals surface area contributed by atoms with Gasteiger partial charge in [-0.05, 0) is 50.3 Å². The van der Waals surface area contributed by atoms with E-state index in [9.17, 15) is 41.9 Å². The molecule has 0 aliphatic carbocycles. The van der Waals surface area contributed by atoms with E-state index in [1.165, 1.54) is 24.3 Å². The first-order chi connectivity index (χ1) is 22.9. The first-order valence-corrected chi connectivity index (χ1v) is 15.7. The number of aromatic amines is 1. The number of H-pyrrole nitrogens is 1. The molecule has 1 aromatic carbocycles. The molecule has 1 aliphatic heterocycles. The van der Waals surface area contributed by atoms with E-state index in [1.54, 1.807) is 34.6 Å². The molecule has 2 heterocycles. The highest BCUT2D eigenvalue weighted by molar-refractivity contribution is 5.97. The Hall–Kier alpha value is -4.96. The Bertz CT molecular complexity index is 1590. The van der Waals surface area contributed by atoms with E-state index in [1.807, 2.05) is 0 Å². The van der Waals surface area contributed by atoms with Crippen molar-refractivity contribution in [2.24, 2.45) is 11.3 Å². The normalized spacial score (nSPS) is 14.8. The summed E-state index contributed by atoms with van der Waals surface area (Å²) in [5.74, 6) is -4.95. The first-order valence-electron chi connectivity index (χ1n) is 15.7. The maximum absolute atomic E-state index is 13.6. The van der Waals surface area contributed by atoms with Crippen LogP contribution in [0.2, 0.25) is 0 Å². The Morgan fingerprint density at radius 3 is 2.29 bits per heavy atom. The number of nitrogens with zero attached hydrogens (tertiary/aromatic N) is 2. The number of anilines is 2. The lowest BCUT2D eigenvalue weighted by atomic mass is 9.95. The zero-order valence-electron chi connectivity index (χ0n) is 27.9. The Morgan fingerprint density at radius 1 is 1.04 bits per heavy atom. The zero-order chi connectivity index (χ0) is 36.5. The van der Waals surface area contributed by atoms with Crippen LogP contribution >= 0.6 is 0 Å². The highest BCUT2D eigenvalue weighted by Gasteiger charge is 2.43. The number of rotatable bonds is 13. The summed E-state index contributed by atoms with van der Waals surface area (Å²) in [5.41, 5.74) is -0.821. The molecule has 0 spiro atoms. The van der Waals surface area contributed by atoms with Crippen LogP contribution in [0.15, 0.2) is 29.1 Å². The van der Waals surface area contributed by atoms with Gasteiger partial charge in [0.25, 0.3) is 11.5 Å². The van der Waals surface area contributed by atoms with Gasteiger partial charge in [0.05, 0.1) is 18.8 Å². The van der Waals surface area contributed by atoms with Crippen LogP contribution in [0.1, 0.15) is 68.9 Å². The largest absolute Gasteiger partial charge is 0.471 e. The molecule has 0 saturated heterocycles. The highest BCUT2D eigenvalue weighted by Crippen LogP contribution is 2.26. The van der Waals surface area contributed by atoms with Crippen LogP contribution in [0.3, 0.4) is 0 Å². The van der Waals surface area contributed by atoms with E-state index < -0.39 is 59.4 Å². The molecule has 3 rings (SSSR count). The summed E-state index contributed by atoms with van der Waals surface area (Å²) in [6.45, 7) is 7.72. The van der Waals surface area contributed by atoms with Crippen LogP contribution in [-0.2, 0) is 41.6 Å². The molecule has 268 valence electrons. The summed E-state index contributed by atoms with van der Waals surface area (Å²) in [4.78, 5) is 82.0. The van der Waals surface area contributed by atoms with Gasteiger partial charge in [-0.3, -0.25) is 34.3 Å². The molecule has 3 amide bonds. The molecule has 2 atom stereocenters. The Labute approximate surface area is 280 Å². The molecular formula is C32H41F3N6O8. The minimum atomic E-state index is -5.18. The second kappa shape index (κ2) is 16.4. The number of ether oxygens (including phenoxy) is 2.